The number of carbonyl (C=O) groups excluding carboxylic acids is 2. The van der Waals surface area contributed by atoms with Crippen molar-refractivity contribution in [1.29, 1.82) is 0 Å². The molecule has 2 aromatic carbocycles. The van der Waals surface area contributed by atoms with E-state index in [0.29, 0.717) is 64.3 Å². The number of carbonyl (C=O) groups is 3. The van der Waals surface area contributed by atoms with E-state index in [1.807, 2.05) is 66.0 Å². The van der Waals surface area contributed by atoms with Gasteiger partial charge in [-0.15, -0.1) is 11.3 Å². The minimum absolute atomic E-state index is 0.257. The Kier molecular flexibility index (Phi) is 14.7. The third-order valence-corrected chi connectivity index (χ3v) is 9.64. The normalized spacial score (nSPS) is 15.3. The second-order valence-corrected chi connectivity index (χ2v) is 13.6. The Bertz CT molecular complexity index is 1420. The summed E-state index contributed by atoms with van der Waals surface area (Å²) in [6, 6.07) is 18.0. The van der Waals surface area contributed by atoms with Crippen molar-refractivity contribution < 1.29 is 24.2 Å². The van der Waals surface area contributed by atoms with E-state index < -0.39 is 12.1 Å². The van der Waals surface area contributed by atoms with Crippen molar-refractivity contribution in [1.82, 2.24) is 30.7 Å². The largest absolute Gasteiger partial charge is 0.465 e. The predicted octanol–water partition coefficient (Wildman–Crippen LogP) is 4.89. The Hall–Kier alpha value is -4.00. The molecule has 1 saturated heterocycles. The van der Waals surface area contributed by atoms with Crippen LogP contribution in [0, 0.1) is 0 Å². The van der Waals surface area contributed by atoms with Crippen LogP contribution in [-0.4, -0.2) is 95.9 Å². The first-order valence-corrected chi connectivity index (χ1v) is 17.7. The molecule has 4 N–H and O–H groups in total. The van der Waals surface area contributed by atoms with Crippen LogP contribution in [0.2, 0.25) is 0 Å². The summed E-state index contributed by atoms with van der Waals surface area (Å²) < 4.78 is 5.50. The summed E-state index contributed by atoms with van der Waals surface area (Å²) in [5.74, 6) is 0.0565. The fraction of sp³-hybridized carbons (Fsp3) is 0.500. The SMILES string of the molecule is CC(C)c1nc(CN(C)C(=O)N[C@@H](CCN2CCOCC2)C(=O)N[C@H](CCC(Cc2ccccc2)NC(=O)O)Cc2ccccc2)cs1. The molecule has 48 heavy (non-hydrogen) atoms. The Labute approximate surface area is 288 Å². The molecule has 0 radical (unpaired) electrons. The standard InChI is InChI=1S/C36H50N6O5S/c1-26(2)34-38-31(25-48-34)24-41(3)35(44)40-32(16-17-42-18-20-47-21-19-42)33(43)37-29(22-27-10-6-4-7-11-27)14-15-30(39-36(45)46)23-28-12-8-5-9-13-28/h4-13,25-26,29-30,32,39H,14-24H2,1-3H3,(H,37,43)(H,40,44)(H,45,46)/t29-,30?,32+/m1/s1. The Morgan fingerprint density at radius 1 is 0.896 bits per heavy atom. The number of nitrogens with one attached hydrogen (secondary N) is 3. The number of ether oxygens (including phenoxy) is 1. The molecule has 0 bridgehead atoms. The number of carboxylic acid groups (broad SMARTS) is 1. The number of urea groups is 1. The second kappa shape index (κ2) is 19.1. The topological polar surface area (TPSA) is 136 Å². The minimum atomic E-state index is -1.08. The van der Waals surface area contributed by atoms with Crippen LogP contribution in [0.1, 0.15) is 60.9 Å². The number of hydrogen-bond donors (Lipinski definition) is 4. The van der Waals surface area contributed by atoms with Gasteiger partial charge in [-0.25, -0.2) is 14.6 Å². The number of morpholine rings is 1. The number of aromatic nitrogens is 1. The van der Waals surface area contributed by atoms with Crippen molar-refractivity contribution in [3.8, 4) is 0 Å². The van der Waals surface area contributed by atoms with E-state index in [4.69, 9.17) is 4.74 Å². The summed E-state index contributed by atoms with van der Waals surface area (Å²) in [6.45, 7) is 8.00. The van der Waals surface area contributed by atoms with E-state index >= 15 is 0 Å². The highest BCUT2D eigenvalue weighted by Gasteiger charge is 2.27. The van der Waals surface area contributed by atoms with Gasteiger partial charge in [0.1, 0.15) is 6.04 Å². The van der Waals surface area contributed by atoms with Crippen LogP contribution < -0.4 is 16.0 Å². The molecule has 1 unspecified atom stereocenters. The van der Waals surface area contributed by atoms with Crippen molar-refractivity contribution in [2.24, 2.45) is 0 Å². The molecule has 12 heteroatoms. The van der Waals surface area contributed by atoms with E-state index in [9.17, 15) is 19.5 Å². The first-order chi connectivity index (χ1) is 23.2. The zero-order valence-corrected chi connectivity index (χ0v) is 29.1. The first-order valence-electron chi connectivity index (χ1n) is 16.8. The molecule has 0 aliphatic carbocycles. The van der Waals surface area contributed by atoms with Crippen LogP contribution in [-0.2, 0) is 28.9 Å². The molecule has 2 heterocycles. The average molecular weight is 679 g/mol. The monoisotopic (exact) mass is 678 g/mol. The Morgan fingerprint density at radius 3 is 2.02 bits per heavy atom. The third kappa shape index (κ3) is 12.6. The molecule has 3 atom stereocenters. The zero-order chi connectivity index (χ0) is 34.3. The van der Waals surface area contributed by atoms with Gasteiger partial charge in [-0.2, -0.15) is 0 Å². The van der Waals surface area contributed by atoms with Gasteiger partial charge < -0.3 is 30.7 Å². The van der Waals surface area contributed by atoms with Gasteiger partial charge in [0.15, 0.2) is 0 Å². The van der Waals surface area contributed by atoms with Gasteiger partial charge in [0, 0.05) is 50.1 Å². The predicted molar refractivity (Wildman–Crippen MR) is 188 cm³/mol. The van der Waals surface area contributed by atoms with E-state index in [-0.39, 0.29) is 24.0 Å². The van der Waals surface area contributed by atoms with Crippen molar-refractivity contribution in [2.75, 3.05) is 39.9 Å². The zero-order valence-electron chi connectivity index (χ0n) is 28.3. The molecule has 0 saturated carbocycles. The molecule has 260 valence electrons. The van der Waals surface area contributed by atoms with Crippen molar-refractivity contribution in [3.63, 3.8) is 0 Å². The highest BCUT2D eigenvalue weighted by atomic mass is 32.1. The van der Waals surface area contributed by atoms with Crippen molar-refractivity contribution in [3.05, 3.63) is 87.9 Å². The molecule has 0 spiro atoms. The molecular formula is C36H50N6O5S. The van der Waals surface area contributed by atoms with Crippen LogP contribution in [0.3, 0.4) is 0 Å². The maximum Gasteiger partial charge on any atom is 0.404 e. The summed E-state index contributed by atoms with van der Waals surface area (Å²) in [4.78, 5) is 47.6. The molecule has 4 rings (SSSR count). The van der Waals surface area contributed by atoms with Gasteiger partial charge >= 0.3 is 12.1 Å². The number of amides is 4. The summed E-state index contributed by atoms with van der Waals surface area (Å²) in [7, 11) is 1.71. The molecule has 3 aromatic rings. The fourth-order valence-corrected chi connectivity index (χ4v) is 6.59. The van der Waals surface area contributed by atoms with E-state index in [1.54, 1.807) is 23.3 Å². The molecule has 1 aliphatic rings. The van der Waals surface area contributed by atoms with Gasteiger partial charge in [-0.05, 0) is 43.2 Å². The lowest BCUT2D eigenvalue weighted by Gasteiger charge is -2.30. The minimum Gasteiger partial charge on any atom is -0.465 e. The quantitative estimate of drug-likeness (QED) is 0.160. The molecule has 11 nitrogen and oxygen atoms in total. The van der Waals surface area contributed by atoms with Crippen LogP contribution in [0.15, 0.2) is 66.0 Å². The van der Waals surface area contributed by atoms with E-state index in [1.165, 1.54) is 0 Å². The summed E-state index contributed by atoms with van der Waals surface area (Å²) >= 11 is 1.59. The second-order valence-electron chi connectivity index (χ2n) is 12.7. The third-order valence-electron chi connectivity index (χ3n) is 8.45. The summed E-state index contributed by atoms with van der Waals surface area (Å²) in [5, 5.41) is 21.5. The van der Waals surface area contributed by atoms with E-state index in [0.717, 1.165) is 34.9 Å². The maximum atomic E-state index is 14.0. The number of benzene rings is 2. The lowest BCUT2D eigenvalue weighted by molar-refractivity contribution is -0.124. The van der Waals surface area contributed by atoms with Gasteiger partial charge in [0.05, 0.1) is 30.5 Å². The number of rotatable bonds is 17. The number of thiazole rings is 1. The van der Waals surface area contributed by atoms with Gasteiger partial charge in [-0.1, -0.05) is 74.5 Å². The van der Waals surface area contributed by atoms with Crippen LogP contribution in [0.4, 0.5) is 9.59 Å². The number of hydrogen-bond acceptors (Lipinski definition) is 7. The molecule has 1 aliphatic heterocycles. The summed E-state index contributed by atoms with van der Waals surface area (Å²) in [6.07, 6.45) is 1.55. The lowest BCUT2D eigenvalue weighted by Crippen LogP contribution is -2.54. The van der Waals surface area contributed by atoms with Crippen LogP contribution >= 0.6 is 11.3 Å². The highest BCUT2D eigenvalue weighted by molar-refractivity contribution is 7.09. The lowest BCUT2D eigenvalue weighted by atomic mass is 9.95. The smallest absolute Gasteiger partial charge is 0.404 e. The van der Waals surface area contributed by atoms with Gasteiger partial charge in [-0.3, -0.25) is 9.69 Å². The summed E-state index contributed by atoms with van der Waals surface area (Å²) in [5.41, 5.74) is 2.91. The van der Waals surface area contributed by atoms with Gasteiger partial charge in [0.25, 0.3) is 0 Å². The van der Waals surface area contributed by atoms with Gasteiger partial charge in [0.2, 0.25) is 5.91 Å². The highest BCUT2D eigenvalue weighted by Crippen LogP contribution is 2.20. The van der Waals surface area contributed by atoms with Crippen LogP contribution in [0.5, 0.6) is 0 Å². The maximum absolute atomic E-state index is 14.0. The average Bonchev–Trinajstić information content (AvgIpc) is 3.55. The fourth-order valence-electron chi connectivity index (χ4n) is 5.77. The first kappa shape index (κ1) is 36.8. The number of nitrogens with zero attached hydrogens (tertiary/aromatic N) is 3. The molecule has 4 amide bonds. The molecule has 1 aromatic heterocycles. The molecule has 1 fully saturated rings. The van der Waals surface area contributed by atoms with Crippen LogP contribution in [0.25, 0.3) is 0 Å². The van der Waals surface area contributed by atoms with Crippen molar-refractivity contribution in [2.45, 2.75) is 76.5 Å². The molecular weight excluding hydrogens is 629 g/mol. The van der Waals surface area contributed by atoms with E-state index in [2.05, 4.69) is 39.7 Å². The Morgan fingerprint density at radius 2 is 1.48 bits per heavy atom. The Balaban J connectivity index is 1.46. The van der Waals surface area contributed by atoms with Crippen molar-refractivity contribution >= 4 is 29.4 Å².